The summed E-state index contributed by atoms with van der Waals surface area (Å²) in [4.78, 5) is 10.9. The molecule has 0 aliphatic rings. The molecule has 0 saturated carbocycles. The Morgan fingerprint density at radius 2 is 2.38 bits per heavy atom. The molecule has 13 heavy (non-hydrogen) atoms. The van der Waals surface area contributed by atoms with Crippen molar-refractivity contribution < 1.29 is 19.4 Å². The van der Waals surface area contributed by atoms with E-state index in [-0.39, 0.29) is 5.91 Å². The van der Waals surface area contributed by atoms with Crippen LogP contribution in [0.5, 0.6) is 0 Å². The van der Waals surface area contributed by atoms with Gasteiger partial charge >= 0.3 is 0 Å². The highest BCUT2D eigenvalue weighted by Crippen LogP contribution is 2.13. The van der Waals surface area contributed by atoms with Gasteiger partial charge in [0, 0.05) is 23.3 Å². The van der Waals surface area contributed by atoms with Crippen molar-refractivity contribution in [1.82, 2.24) is 5.32 Å². The zero-order valence-corrected chi connectivity index (χ0v) is 8.39. The van der Waals surface area contributed by atoms with Gasteiger partial charge in [0.2, 0.25) is 5.91 Å². The molecule has 2 N–H and O–H groups in total. The lowest BCUT2D eigenvalue weighted by atomic mass is 10.1. The Bertz CT molecular complexity index is 183. The van der Waals surface area contributed by atoms with Crippen LogP contribution in [-0.4, -0.2) is 22.5 Å². The second-order valence-electron chi connectivity index (χ2n) is 2.98. The Kier molecular flexibility index (Phi) is 5.72. The molecule has 0 fully saturated rings. The number of hydrogen-bond donors (Lipinski definition) is 2. The minimum atomic E-state index is -0.450. The van der Waals surface area contributed by atoms with Crippen LogP contribution in [0.15, 0.2) is 12.7 Å². The average Bonchev–Trinajstić information content (AvgIpc) is 2.03. The van der Waals surface area contributed by atoms with Crippen LogP contribution in [0.3, 0.4) is 0 Å². The van der Waals surface area contributed by atoms with Gasteiger partial charge in [-0.1, -0.05) is 11.6 Å². The zero-order valence-electron chi connectivity index (χ0n) is 7.57. The largest absolute Gasteiger partial charge is 0.347 e. The topological polar surface area (TPSA) is 67.8 Å². The summed E-state index contributed by atoms with van der Waals surface area (Å²) < 4.78 is 4.18. The zero-order chi connectivity index (χ0) is 10.3. The quantitative estimate of drug-likeness (QED) is 0.225. The van der Waals surface area contributed by atoms with Crippen molar-refractivity contribution in [3.63, 3.8) is 0 Å². The van der Waals surface area contributed by atoms with Crippen molar-refractivity contribution in [1.29, 1.82) is 0 Å². The van der Waals surface area contributed by atoms with Gasteiger partial charge < -0.3 is 5.32 Å². The molecule has 1 amide bonds. The first-order chi connectivity index (χ1) is 6.02. The standard InChI is InChI=1S/C7H13NO4S/c1-4-6(9)8-7(2,3)5-13-12-11-10/h4,10H,1,5H2,2-3H3,(H,8,9). The van der Waals surface area contributed by atoms with Crippen molar-refractivity contribution in [2.75, 3.05) is 5.75 Å². The summed E-state index contributed by atoms with van der Waals surface area (Å²) in [5.74, 6) is 0.183. The molecule has 0 unspecified atom stereocenters. The highest BCUT2D eigenvalue weighted by atomic mass is 32.2. The minimum absolute atomic E-state index is 0.254. The van der Waals surface area contributed by atoms with Crippen molar-refractivity contribution >= 4 is 17.9 Å². The molecule has 0 aliphatic heterocycles. The Balaban J connectivity index is 3.78. The van der Waals surface area contributed by atoms with Gasteiger partial charge in [-0.3, -0.25) is 4.79 Å². The number of amides is 1. The van der Waals surface area contributed by atoms with Crippen molar-refractivity contribution in [3.8, 4) is 0 Å². The van der Waals surface area contributed by atoms with E-state index < -0.39 is 5.54 Å². The molecule has 0 heterocycles. The first-order valence-electron chi connectivity index (χ1n) is 3.56. The van der Waals surface area contributed by atoms with Crippen LogP contribution in [0.2, 0.25) is 0 Å². The minimum Gasteiger partial charge on any atom is -0.347 e. The van der Waals surface area contributed by atoms with Gasteiger partial charge in [0.25, 0.3) is 0 Å². The van der Waals surface area contributed by atoms with Crippen LogP contribution in [0.4, 0.5) is 0 Å². The summed E-state index contributed by atoms with van der Waals surface area (Å²) in [6, 6.07) is 0. The molecular weight excluding hydrogens is 194 g/mol. The molecule has 0 rings (SSSR count). The molecule has 0 aromatic rings. The maximum absolute atomic E-state index is 10.9. The van der Waals surface area contributed by atoms with Crippen LogP contribution in [-0.2, 0) is 14.2 Å². The molecule has 76 valence electrons. The van der Waals surface area contributed by atoms with Gasteiger partial charge in [-0.05, 0) is 19.9 Å². The first-order valence-corrected chi connectivity index (χ1v) is 4.47. The monoisotopic (exact) mass is 207 g/mol. The molecule has 0 aromatic carbocycles. The molecule has 0 radical (unpaired) electrons. The van der Waals surface area contributed by atoms with E-state index in [1.54, 1.807) is 0 Å². The number of hydrogen-bond acceptors (Lipinski definition) is 5. The smallest absolute Gasteiger partial charge is 0.243 e. The molecule has 0 spiro atoms. The predicted molar refractivity (Wildman–Crippen MR) is 49.7 cm³/mol. The summed E-state index contributed by atoms with van der Waals surface area (Å²) in [5, 5.41) is 13.9. The van der Waals surface area contributed by atoms with E-state index in [9.17, 15) is 4.79 Å². The lowest BCUT2D eigenvalue weighted by Crippen LogP contribution is -2.44. The van der Waals surface area contributed by atoms with E-state index in [0.717, 1.165) is 12.0 Å². The molecule has 0 aliphatic carbocycles. The van der Waals surface area contributed by atoms with Gasteiger partial charge in [-0.2, -0.15) is 0 Å². The summed E-state index contributed by atoms with van der Waals surface area (Å²) >= 11 is 0.891. The van der Waals surface area contributed by atoms with Crippen molar-refractivity contribution in [2.24, 2.45) is 0 Å². The van der Waals surface area contributed by atoms with E-state index in [1.165, 1.54) is 6.08 Å². The van der Waals surface area contributed by atoms with Crippen LogP contribution < -0.4 is 5.32 Å². The van der Waals surface area contributed by atoms with Crippen LogP contribution in [0.25, 0.3) is 0 Å². The average molecular weight is 207 g/mol. The Labute approximate surface area is 81.2 Å². The van der Waals surface area contributed by atoms with Crippen LogP contribution in [0, 0.1) is 0 Å². The van der Waals surface area contributed by atoms with Crippen molar-refractivity contribution in [2.45, 2.75) is 19.4 Å². The van der Waals surface area contributed by atoms with E-state index in [1.807, 2.05) is 13.8 Å². The Morgan fingerprint density at radius 3 is 2.85 bits per heavy atom. The molecule has 6 heteroatoms. The van der Waals surface area contributed by atoms with Gasteiger partial charge in [-0.15, -0.1) is 4.33 Å². The fraction of sp³-hybridized carbons (Fsp3) is 0.571. The van der Waals surface area contributed by atoms with Crippen LogP contribution >= 0.6 is 12.0 Å². The summed E-state index contributed by atoms with van der Waals surface area (Å²) in [6.07, 6.45) is 1.19. The third kappa shape index (κ3) is 6.59. The third-order valence-corrected chi connectivity index (χ3v) is 2.14. The Morgan fingerprint density at radius 1 is 1.77 bits per heavy atom. The van der Waals surface area contributed by atoms with Gasteiger partial charge in [0.1, 0.15) is 0 Å². The number of rotatable bonds is 6. The fourth-order valence-corrected chi connectivity index (χ4v) is 1.07. The number of carbonyl (C=O) groups is 1. The lowest BCUT2D eigenvalue weighted by Gasteiger charge is -2.23. The predicted octanol–water partition coefficient (Wildman–Crippen LogP) is 1.14. The molecule has 0 bridgehead atoms. The van der Waals surface area contributed by atoms with Gasteiger partial charge in [0.05, 0.1) is 0 Å². The molecule has 0 aromatic heterocycles. The summed E-state index contributed by atoms with van der Waals surface area (Å²) in [5.41, 5.74) is -0.450. The first kappa shape index (κ1) is 12.4. The van der Waals surface area contributed by atoms with E-state index in [2.05, 4.69) is 21.3 Å². The number of nitrogens with one attached hydrogen (secondary N) is 1. The van der Waals surface area contributed by atoms with E-state index >= 15 is 0 Å². The molecular formula is C7H13NO4S. The molecule has 0 saturated heterocycles. The maximum Gasteiger partial charge on any atom is 0.243 e. The normalized spacial score (nSPS) is 11.0. The summed E-state index contributed by atoms with van der Waals surface area (Å²) in [6.45, 7) is 6.94. The fourth-order valence-electron chi connectivity index (χ4n) is 0.614. The molecule has 0 atom stereocenters. The second-order valence-corrected chi connectivity index (χ2v) is 3.64. The highest BCUT2D eigenvalue weighted by molar-refractivity contribution is 7.94. The molecule has 5 nitrogen and oxygen atoms in total. The highest BCUT2D eigenvalue weighted by Gasteiger charge is 2.19. The second kappa shape index (κ2) is 5.98. The lowest BCUT2D eigenvalue weighted by molar-refractivity contribution is -0.432. The van der Waals surface area contributed by atoms with Crippen LogP contribution in [0.1, 0.15) is 13.8 Å². The Hall–Kier alpha value is -0.560. The van der Waals surface area contributed by atoms with E-state index in [0.29, 0.717) is 5.75 Å². The SMILES string of the molecule is C=CC(=O)NC(C)(C)CSOOO. The van der Waals surface area contributed by atoms with E-state index in [4.69, 9.17) is 5.26 Å². The van der Waals surface area contributed by atoms with Crippen molar-refractivity contribution in [3.05, 3.63) is 12.7 Å². The summed E-state index contributed by atoms with van der Waals surface area (Å²) in [7, 11) is 0. The number of carbonyl (C=O) groups excluding carboxylic acids is 1. The maximum atomic E-state index is 10.9. The van der Waals surface area contributed by atoms with Gasteiger partial charge in [0.15, 0.2) is 0 Å². The third-order valence-electron chi connectivity index (χ3n) is 1.15. The van der Waals surface area contributed by atoms with Gasteiger partial charge in [-0.25, -0.2) is 5.26 Å².